The maximum Gasteiger partial charge on any atom is 0.332 e. The fourth-order valence-corrected chi connectivity index (χ4v) is 4.38. The van der Waals surface area contributed by atoms with E-state index in [1.807, 2.05) is 12.1 Å². The van der Waals surface area contributed by atoms with Crippen molar-refractivity contribution in [3.63, 3.8) is 0 Å². The zero-order valence-corrected chi connectivity index (χ0v) is 21.2. The molecule has 188 valence electrons. The maximum atomic E-state index is 13.5. The van der Waals surface area contributed by atoms with E-state index in [4.69, 9.17) is 27.9 Å². The number of rotatable bonds is 6. The number of para-hydroxylation sites is 1. The van der Waals surface area contributed by atoms with Gasteiger partial charge in [-0.05, 0) is 48.5 Å². The number of carbonyl (C=O) groups excluding carboxylic acids is 1. The van der Waals surface area contributed by atoms with Crippen molar-refractivity contribution in [3.05, 3.63) is 89.4 Å². The van der Waals surface area contributed by atoms with E-state index in [1.165, 1.54) is 11.2 Å². The average molecular weight is 536 g/mol. The Labute approximate surface area is 224 Å². The Morgan fingerprint density at radius 2 is 1.65 bits per heavy atom. The van der Waals surface area contributed by atoms with Crippen molar-refractivity contribution in [3.8, 4) is 0 Å². The highest BCUT2D eigenvalue weighted by molar-refractivity contribution is 6.40. The van der Waals surface area contributed by atoms with Gasteiger partial charge in [-0.2, -0.15) is 0 Å². The largest absolute Gasteiger partial charge is 0.378 e. The van der Waals surface area contributed by atoms with Crippen LogP contribution in [-0.4, -0.2) is 47.3 Å². The highest BCUT2D eigenvalue weighted by atomic mass is 35.5. The molecular formula is C26H23Cl2N7O2. The van der Waals surface area contributed by atoms with Crippen molar-refractivity contribution in [2.75, 3.05) is 46.7 Å². The number of ether oxygens (including phenoxy) is 1. The van der Waals surface area contributed by atoms with Crippen molar-refractivity contribution >= 4 is 63.6 Å². The number of amides is 2. The summed E-state index contributed by atoms with van der Waals surface area (Å²) in [7, 11) is 0. The summed E-state index contributed by atoms with van der Waals surface area (Å²) in [5, 5.41) is 6.71. The molecule has 37 heavy (non-hydrogen) atoms. The van der Waals surface area contributed by atoms with Crippen LogP contribution in [0.2, 0.25) is 10.0 Å². The molecule has 0 atom stereocenters. The summed E-state index contributed by atoms with van der Waals surface area (Å²) in [5.74, 6) is 0.862. The summed E-state index contributed by atoms with van der Waals surface area (Å²) >= 11 is 12.5. The van der Waals surface area contributed by atoms with Gasteiger partial charge < -0.3 is 20.3 Å². The molecule has 1 saturated heterocycles. The molecule has 4 aromatic rings. The minimum atomic E-state index is -0.499. The lowest BCUT2D eigenvalue weighted by Crippen LogP contribution is -2.36. The van der Waals surface area contributed by atoms with E-state index in [9.17, 15) is 4.79 Å². The van der Waals surface area contributed by atoms with E-state index < -0.39 is 6.03 Å². The second kappa shape index (κ2) is 11.4. The number of halogens is 2. The van der Waals surface area contributed by atoms with Crippen LogP contribution >= 0.6 is 23.2 Å². The smallest absolute Gasteiger partial charge is 0.332 e. The van der Waals surface area contributed by atoms with E-state index in [1.54, 1.807) is 48.8 Å². The van der Waals surface area contributed by atoms with E-state index >= 15 is 0 Å². The number of hydrogen-bond acceptors (Lipinski definition) is 7. The molecule has 0 radical (unpaired) electrons. The molecular weight excluding hydrogens is 513 g/mol. The molecule has 2 aromatic carbocycles. The maximum absolute atomic E-state index is 13.5. The molecule has 9 nitrogen and oxygen atoms in total. The number of urea groups is 1. The van der Waals surface area contributed by atoms with Crippen molar-refractivity contribution in [1.82, 2.24) is 15.0 Å². The van der Waals surface area contributed by atoms with Crippen LogP contribution in [0, 0.1) is 0 Å². The van der Waals surface area contributed by atoms with Crippen LogP contribution < -0.4 is 20.4 Å². The Bertz CT molecular complexity index is 1350. The lowest BCUT2D eigenvalue weighted by Gasteiger charge is -2.28. The Kier molecular flexibility index (Phi) is 7.65. The zero-order chi connectivity index (χ0) is 25.6. The average Bonchev–Trinajstić information content (AvgIpc) is 2.93. The van der Waals surface area contributed by atoms with Gasteiger partial charge in [-0.25, -0.2) is 19.7 Å². The highest BCUT2D eigenvalue weighted by Gasteiger charge is 2.22. The lowest BCUT2D eigenvalue weighted by atomic mass is 10.2. The number of anilines is 6. The van der Waals surface area contributed by atoms with Crippen LogP contribution in [-0.2, 0) is 4.74 Å². The quantitative estimate of drug-likeness (QED) is 0.306. The summed E-state index contributed by atoms with van der Waals surface area (Å²) in [4.78, 5) is 29.9. The highest BCUT2D eigenvalue weighted by Crippen LogP contribution is 2.32. The van der Waals surface area contributed by atoms with Crippen LogP contribution in [0.4, 0.5) is 39.2 Å². The van der Waals surface area contributed by atoms with Crippen LogP contribution in [0.5, 0.6) is 0 Å². The molecule has 0 bridgehead atoms. The first-order valence-corrected chi connectivity index (χ1v) is 12.3. The number of hydrogen-bond donors (Lipinski definition) is 2. The van der Waals surface area contributed by atoms with Gasteiger partial charge in [-0.15, -0.1) is 0 Å². The summed E-state index contributed by atoms with van der Waals surface area (Å²) in [5.41, 5.74) is 2.85. The number of pyridine rings is 1. The second-order valence-corrected chi connectivity index (χ2v) is 8.91. The standard InChI is InChI=1S/C26H23Cl2N7O2/c27-21-2-1-3-22(28)25(21)33-26(36)35(20-8-10-29-11-9-20)24-16-23(30-17-31-24)32-18-4-6-19(7-5-18)34-12-14-37-15-13-34/h1-11,16-17H,12-15H2,(H,33,36)(H,30,31,32). The topological polar surface area (TPSA) is 95.5 Å². The summed E-state index contributed by atoms with van der Waals surface area (Å²) in [6, 6.07) is 17.7. The second-order valence-electron chi connectivity index (χ2n) is 8.10. The summed E-state index contributed by atoms with van der Waals surface area (Å²) in [6.45, 7) is 3.20. The van der Waals surface area contributed by atoms with Crippen LogP contribution in [0.1, 0.15) is 0 Å². The number of aromatic nitrogens is 3. The third-order valence-corrected chi connectivity index (χ3v) is 6.35. The van der Waals surface area contributed by atoms with Gasteiger partial charge in [-0.1, -0.05) is 29.3 Å². The minimum absolute atomic E-state index is 0.308. The third-order valence-electron chi connectivity index (χ3n) is 5.72. The van der Waals surface area contributed by atoms with Gasteiger partial charge in [0.05, 0.1) is 34.6 Å². The third kappa shape index (κ3) is 5.91. The number of nitrogens with zero attached hydrogens (tertiary/aromatic N) is 5. The van der Waals surface area contributed by atoms with Gasteiger partial charge in [0.1, 0.15) is 18.0 Å². The monoisotopic (exact) mass is 535 g/mol. The SMILES string of the molecule is O=C(Nc1c(Cl)cccc1Cl)N(c1ccncc1)c1cc(Nc2ccc(N3CCOCC3)cc2)ncn1. The Balaban J connectivity index is 1.39. The van der Waals surface area contributed by atoms with Gasteiger partial charge in [0.15, 0.2) is 0 Å². The normalized spacial score (nSPS) is 13.2. The van der Waals surface area contributed by atoms with Gasteiger partial charge >= 0.3 is 6.03 Å². The number of benzene rings is 2. The van der Waals surface area contributed by atoms with Crippen molar-refractivity contribution in [1.29, 1.82) is 0 Å². The molecule has 3 heterocycles. The molecule has 1 aliphatic heterocycles. The Morgan fingerprint density at radius 3 is 2.35 bits per heavy atom. The predicted octanol–water partition coefficient (Wildman–Crippen LogP) is 6.13. The van der Waals surface area contributed by atoms with Crippen LogP contribution in [0.15, 0.2) is 79.4 Å². The fraction of sp³-hybridized carbons (Fsp3) is 0.154. The van der Waals surface area contributed by atoms with Gasteiger partial charge in [0.2, 0.25) is 0 Å². The van der Waals surface area contributed by atoms with Gasteiger partial charge in [0, 0.05) is 42.9 Å². The van der Waals surface area contributed by atoms with Crippen LogP contribution in [0.25, 0.3) is 0 Å². The van der Waals surface area contributed by atoms with E-state index in [0.717, 1.165) is 37.7 Å². The first kappa shape index (κ1) is 24.8. The molecule has 0 aliphatic carbocycles. The summed E-state index contributed by atoms with van der Waals surface area (Å²) < 4.78 is 5.43. The molecule has 1 aliphatic rings. The number of carbonyl (C=O) groups is 1. The number of morpholine rings is 1. The van der Waals surface area contributed by atoms with Gasteiger partial charge in [0.25, 0.3) is 0 Å². The van der Waals surface area contributed by atoms with Crippen LogP contribution in [0.3, 0.4) is 0 Å². The van der Waals surface area contributed by atoms with Gasteiger partial charge in [-0.3, -0.25) is 4.98 Å². The van der Waals surface area contributed by atoms with E-state index in [0.29, 0.717) is 33.1 Å². The molecule has 0 saturated carbocycles. The molecule has 5 rings (SSSR count). The van der Waals surface area contributed by atoms with Crippen molar-refractivity contribution < 1.29 is 9.53 Å². The molecule has 1 fully saturated rings. The van der Waals surface area contributed by atoms with E-state index in [2.05, 4.69) is 42.6 Å². The van der Waals surface area contributed by atoms with E-state index in [-0.39, 0.29) is 0 Å². The molecule has 2 amide bonds. The van der Waals surface area contributed by atoms with Crippen molar-refractivity contribution in [2.24, 2.45) is 0 Å². The molecule has 0 unspecified atom stereocenters. The van der Waals surface area contributed by atoms with Crippen molar-refractivity contribution in [2.45, 2.75) is 0 Å². The zero-order valence-electron chi connectivity index (χ0n) is 19.6. The lowest BCUT2D eigenvalue weighted by molar-refractivity contribution is 0.122. The Hall–Kier alpha value is -3.92. The molecule has 0 spiro atoms. The summed E-state index contributed by atoms with van der Waals surface area (Å²) in [6.07, 6.45) is 4.58. The molecule has 11 heteroatoms. The molecule has 2 aromatic heterocycles. The first-order chi connectivity index (χ1) is 18.1. The molecule has 2 N–H and O–H groups in total. The fourth-order valence-electron chi connectivity index (χ4n) is 3.89. The first-order valence-electron chi connectivity index (χ1n) is 11.6. The Morgan fingerprint density at radius 1 is 0.946 bits per heavy atom. The predicted molar refractivity (Wildman–Crippen MR) is 147 cm³/mol. The minimum Gasteiger partial charge on any atom is -0.378 e. The number of nitrogens with one attached hydrogen (secondary N) is 2.